The van der Waals surface area contributed by atoms with Crippen molar-refractivity contribution in [2.24, 2.45) is 0 Å². The Bertz CT molecular complexity index is 839. The molecule has 2 aromatic rings. The van der Waals surface area contributed by atoms with Gasteiger partial charge in [-0.25, -0.2) is 4.79 Å². The summed E-state index contributed by atoms with van der Waals surface area (Å²) in [4.78, 5) is 11.8. The molecule has 0 atom stereocenters. The molecule has 0 aliphatic heterocycles. The number of anilines is 1. The fourth-order valence-corrected chi connectivity index (χ4v) is 2.88. The molecular formula is C21H26N2O4S. The van der Waals surface area contributed by atoms with E-state index in [1.165, 1.54) is 0 Å². The third-order valence-electron chi connectivity index (χ3n) is 4.13. The summed E-state index contributed by atoms with van der Waals surface area (Å²) in [6.07, 6.45) is 0.781. The molecule has 0 bridgehead atoms. The lowest BCUT2D eigenvalue weighted by atomic mass is 10.1. The summed E-state index contributed by atoms with van der Waals surface area (Å²) in [5.74, 6) is 1.09. The predicted octanol–water partition coefficient (Wildman–Crippen LogP) is 3.72. The molecule has 0 radical (unpaired) electrons. The van der Waals surface area contributed by atoms with Gasteiger partial charge in [-0.05, 0) is 73.9 Å². The van der Waals surface area contributed by atoms with Crippen molar-refractivity contribution in [1.82, 2.24) is 5.32 Å². The van der Waals surface area contributed by atoms with Crippen molar-refractivity contribution in [3.05, 3.63) is 53.1 Å². The third kappa shape index (κ3) is 5.85. The van der Waals surface area contributed by atoms with Gasteiger partial charge in [0.25, 0.3) is 0 Å². The Morgan fingerprint density at radius 3 is 2.46 bits per heavy atom. The molecular weight excluding hydrogens is 376 g/mol. The fraction of sp³-hybridized carbons (Fsp3) is 0.333. The van der Waals surface area contributed by atoms with Gasteiger partial charge >= 0.3 is 5.97 Å². The number of methoxy groups -OCH3 is 2. The minimum atomic E-state index is -0.326. The van der Waals surface area contributed by atoms with Crippen molar-refractivity contribution in [3.63, 3.8) is 0 Å². The smallest absolute Gasteiger partial charge is 0.338 e. The monoisotopic (exact) mass is 402 g/mol. The number of ether oxygens (including phenoxy) is 3. The van der Waals surface area contributed by atoms with Crippen LogP contribution in [0.2, 0.25) is 0 Å². The lowest BCUT2D eigenvalue weighted by Gasteiger charge is -2.14. The van der Waals surface area contributed by atoms with E-state index in [9.17, 15) is 4.79 Å². The molecule has 0 amide bonds. The summed E-state index contributed by atoms with van der Waals surface area (Å²) >= 11 is 5.37. The van der Waals surface area contributed by atoms with Gasteiger partial charge in [0.1, 0.15) is 0 Å². The first-order chi connectivity index (χ1) is 13.5. The Balaban J connectivity index is 1.88. The maximum Gasteiger partial charge on any atom is 0.338 e. The minimum absolute atomic E-state index is 0.326. The predicted molar refractivity (Wildman–Crippen MR) is 115 cm³/mol. The average Bonchev–Trinajstić information content (AvgIpc) is 2.69. The highest BCUT2D eigenvalue weighted by molar-refractivity contribution is 7.80. The number of nitrogens with one attached hydrogen (secondary N) is 2. The van der Waals surface area contributed by atoms with Crippen LogP contribution in [0, 0.1) is 6.92 Å². The zero-order chi connectivity index (χ0) is 20.5. The van der Waals surface area contributed by atoms with Crippen LogP contribution in [0.5, 0.6) is 11.5 Å². The number of thiocarbonyl (C=S) groups is 1. The van der Waals surface area contributed by atoms with Gasteiger partial charge in [0.2, 0.25) is 0 Å². The quantitative estimate of drug-likeness (QED) is 0.515. The van der Waals surface area contributed by atoms with Crippen LogP contribution in [0.4, 0.5) is 5.69 Å². The highest BCUT2D eigenvalue weighted by Gasteiger charge is 2.09. The largest absolute Gasteiger partial charge is 0.493 e. The van der Waals surface area contributed by atoms with Crippen LogP contribution in [-0.2, 0) is 11.2 Å². The number of esters is 1. The number of hydrogen-bond donors (Lipinski definition) is 2. The normalized spacial score (nSPS) is 10.1. The third-order valence-corrected chi connectivity index (χ3v) is 4.38. The molecule has 0 unspecified atom stereocenters. The molecule has 0 saturated carbocycles. The van der Waals surface area contributed by atoms with Gasteiger partial charge in [-0.15, -0.1) is 0 Å². The van der Waals surface area contributed by atoms with E-state index < -0.39 is 0 Å². The zero-order valence-electron chi connectivity index (χ0n) is 16.6. The van der Waals surface area contributed by atoms with Gasteiger partial charge in [0.05, 0.1) is 26.4 Å². The molecule has 0 aliphatic carbocycles. The molecule has 0 fully saturated rings. The van der Waals surface area contributed by atoms with Crippen LogP contribution in [-0.4, -0.2) is 38.5 Å². The topological polar surface area (TPSA) is 68.8 Å². The van der Waals surface area contributed by atoms with E-state index in [0.717, 1.165) is 23.2 Å². The number of hydrogen-bond acceptors (Lipinski definition) is 5. The Morgan fingerprint density at radius 2 is 1.82 bits per heavy atom. The van der Waals surface area contributed by atoms with Crippen molar-refractivity contribution in [2.45, 2.75) is 20.3 Å². The Kier molecular flexibility index (Phi) is 8.07. The van der Waals surface area contributed by atoms with Crippen molar-refractivity contribution in [3.8, 4) is 11.5 Å². The Hall–Kier alpha value is -2.80. The molecule has 2 N–H and O–H groups in total. The lowest BCUT2D eigenvalue weighted by Crippen LogP contribution is -2.30. The molecule has 0 aromatic heterocycles. The summed E-state index contributed by atoms with van der Waals surface area (Å²) in [5.41, 5.74) is 3.39. The number of carbonyl (C=O) groups is 1. The molecule has 0 saturated heterocycles. The summed E-state index contributed by atoms with van der Waals surface area (Å²) in [7, 11) is 3.24. The standard InChI is InChI=1S/C21H26N2O4S/c1-5-27-20(24)16-7-8-17(14(2)12-16)23-21(28)22-11-10-15-6-9-18(25-3)19(13-15)26-4/h6-9,12-13H,5,10-11H2,1-4H3,(H2,22,23,28). The van der Waals surface area contributed by atoms with Crippen LogP contribution in [0.1, 0.15) is 28.4 Å². The molecule has 2 rings (SSSR count). The van der Waals surface area contributed by atoms with E-state index in [1.54, 1.807) is 33.3 Å². The van der Waals surface area contributed by atoms with E-state index >= 15 is 0 Å². The first-order valence-corrected chi connectivity index (χ1v) is 9.42. The second-order valence-electron chi connectivity index (χ2n) is 6.07. The molecule has 0 heterocycles. The van der Waals surface area contributed by atoms with Gasteiger partial charge < -0.3 is 24.8 Å². The number of rotatable bonds is 8. The van der Waals surface area contributed by atoms with Crippen LogP contribution < -0.4 is 20.1 Å². The number of carbonyl (C=O) groups excluding carboxylic acids is 1. The van der Waals surface area contributed by atoms with E-state index in [0.29, 0.717) is 35.3 Å². The SMILES string of the molecule is CCOC(=O)c1ccc(NC(=S)NCCc2ccc(OC)c(OC)c2)c(C)c1. The van der Waals surface area contributed by atoms with Crippen molar-refractivity contribution >= 4 is 29.0 Å². The summed E-state index contributed by atoms with van der Waals surface area (Å²) < 4.78 is 15.6. The Morgan fingerprint density at radius 1 is 1.07 bits per heavy atom. The molecule has 0 spiro atoms. The van der Waals surface area contributed by atoms with Crippen molar-refractivity contribution in [2.75, 3.05) is 32.7 Å². The second-order valence-corrected chi connectivity index (χ2v) is 6.48. The molecule has 2 aromatic carbocycles. The Labute approximate surface area is 171 Å². The molecule has 150 valence electrons. The van der Waals surface area contributed by atoms with Gasteiger partial charge in [0.15, 0.2) is 16.6 Å². The first-order valence-electron chi connectivity index (χ1n) is 9.02. The van der Waals surface area contributed by atoms with E-state index in [2.05, 4.69) is 10.6 Å². The van der Waals surface area contributed by atoms with Crippen LogP contribution in [0.3, 0.4) is 0 Å². The van der Waals surface area contributed by atoms with Gasteiger partial charge in [-0.3, -0.25) is 0 Å². The summed E-state index contributed by atoms with van der Waals surface area (Å²) in [5, 5.41) is 6.87. The van der Waals surface area contributed by atoms with Crippen LogP contribution in [0.15, 0.2) is 36.4 Å². The number of benzene rings is 2. The molecule has 7 heteroatoms. The van der Waals surface area contributed by atoms with Gasteiger partial charge in [-0.1, -0.05) is 6.07 Å². The van der Waals surface area contributed by atoms with Gasteiger partial charge in [0, 0.05) is 12.2 Å². The fourth-order valence-electron chi connectivity index (χ4n) is 2.67. The average molecular weight is 403 g/mol. The van der Waals surface area contributed by atoms with Crippen LogP contribution >= 0.6 is 12.2 Å². The molecule has 6 nitrogen and oxygen atoms in total. The highest BCUT2D eigenvalue weighted by Crippen LogP contribution is 2.27. The maximum absolute atomic E-state index is 11.8. The summed E-state index contributed by atoms with van der Waals surface area (Å²) in [6, 6.07) is 11.2. The van der Waals surface area contributed by atoms with Gasteiger partial charge in [-0.2, -0.15) is 0 Å². The lowest BCUT2D eigenvalue weighted by molar-refractivity contribution is 0.0526. The number of aryl methyl sites for hydroxylation is 1. The summed E-state index contributed by atoms with van der Waals surface area (Å²) in [6.45, 7) is 4.72. The van der Waals surface area contributed by atoms with E-state index in [4.69, 9.17) is 26.4 Å². The van der Waals surface area contributed by atoms with E-state index in [1.807, 2.05) is 31.2 Å². The highest BCUT2D eigenvalue weighted by atomic mass is 32.1. The molecule has 28 heavy (non-hydrogen) atoms. The molecule has 0 aliphatic rings. The second kappa shape index (κ2) is 10.5. The van der Waals surface area contributed by atoms with Crippen LogP contribution in [0.25, 0.3) is 0 Å². The first kappa shape index (κ1) is 21.5. The minimum Gasteiger partial charge on any atom is -0.493 e. The maximum atomic E-state index is 11.8. The van der Waals surface area contributed by atoms with Crippen molar-refractivity contribution in [1.29, 1.82) is 0 Å². The van der Waals surface area contributed by atoms with Crippen molar-refractivity contribution < 1.29 is 19.0 Å². The zero-order valence-corrected chi connectivity index (χ0v) is 17.4. The van der Waals surface area contributed by atoms with E-state index in [-0.39, 0.29) is 5.97 Å².